The van der Waals surface area contributed by atoms with Crippen LogP contribution in [0.1, 0.15) is 32.6 Å². The molecule has 118 valence electrons. The lowest BCUT2D eigenvalue weighted by molar-refractivity contribution is -0.122. The SMILES string of the molecule is CC(CC(=O)NC1CCS(=O)(=O)C1)C1CCCNC1.Cl. The molecular weight excluding hydrogens is 300 g/mol. The number of carbonyl (C=O) groups is 1. The fourth-order valence-corrected chi connectivity index (χ4v) is 4.69. The number of carbonyl (C=O) groups excluding carboxylic acids is 1. The molecule has 2 aliphatic heterocycles. The Kier molecular flexibility index (Phi) is 6.75. The molecule has 0 radical (unpaired) electrons. The molecule has 3 unspecified atom stereocenters. The average molecular weight is 325 g/mol. The predicted octanol–water partition coefficient (Wildman–Crippen LogP) is 0.737. The second kappa shape index (κ2) is 7.61. The van der Waals surface area contributed by atoms with Crippen molar-refractivity contribution in [2.75, 3.05) is 24.6 Å². The van der Waals surface area contributed by atoms with Crippen LogP contribution in [0.3, 0.4) is 0 Å². The third-order valence-corrected chi connectivity index (χ3v) is 6.01. The summed E-state index contributed by atoms with van der Waals surface area (Å²) in [5.41, 5.74) is 0. The summed E-state index contributed by atoms with van der Waals surface area (Å²) in [4.78, 5) is 11.9. The molecule has 20 heavy (non-hydrogen) atoms. The molecule has 0 aromatic carbocycles. The molecule has 5 nitrogen and oxygen atoms in total. The summed E-state index contributed by atoms with van der Waals surface area (Å²) in [6.07, 6.45) is 3.42. The van der Waals surface area contributed by atoms with Gasteiger partial charge in [0.2, 0.25) is 5.91 Å². The number of piperidine rings is 1. The van der Waals surface area contributed by atoms with Gasteiger partial charge in [-0.1, -0.05) is 6.92 Å². The van der Waals surface area contributed by atoms with Gasteiger partial charge in [0.15, 0.2) is 9.84 Å². The lowest BCUT2D eigenvalue weighted by Gasteiger charge is -2.28. The van der Waals surface area contributed by atoms with Crippen LogP contribution in [0.25, 0.3) is 0 Å². The zero-order valence-electron chi connectivity index (χ0n) is 11.9. The number of rotatable bonds is 4. The second-order valence-corrected chi connectivity index (χ2v) is 8.18. The predicted molar refractivity (Wildman–Crippen MR) is 81.8 cm³/mol. The van der Waals surface area contributed by atoms with Gasteiger partial charge >= 0.3 is 0 Å². The van der Waals surface area contributed by atoms with E-state index in [9.17, 15) is 13.2 Å². The van der Waals surface area contributed by atoms with Gasteiger partial charge in [-0.2, -0.15) is 0 Å². The maximum absolute atomic E-state index is 11.9. The molecule has 2 heterocycles. The molecule has 7 heteroatoms. The Bertz CT molecular complexity index is 421. The fraction of sp³-hybridized carbons (Fsp3) is 0.923. The van der Waals surface area contributed by atoms with Gasteiger partial charge < -0.3 is 10.6 Å². The summed E-state index contributed by atoms with van der Waals surface area (Å²) in [5.74, 6) is 1.23. The molecule has 0 saturated carbocycles. The number of sulfone groups is 1. The van der Waals surface area contributed by atoms with E-state index in [0.29, 0.717) is 24.7 Å². The van der Waals surface area contributed by atoms with Crippen molar-refractivity contribution < 1.29 is 13.2 Å². The van der Waals surface area contributed by atoms with Crippen LogP contribution in [-0.4, -0.2) is 45.0 Å². The summed E-state index contributed by atoms with van der Waals surface area (Å²) in [6, 6.07) is -0.172. The summed E-state index contributed by atoms with van der Waals surface area (Å²) >= 11 is 0. The van der Waals surface area contributed by atoms with E-state index in [1.807, 2.05) is 0 Å². The number of hydrogen-bond donors (Lipinski definition) is 2. The van der Waals surface area contributed by atoms with Gasteiger partial charge in [0.25, 0.3) is 0 Å². The van der Waals surface area contributed by atoms with E-state index in [2.05, 4.69) is 17.6 Å². The van der Waals surface area contributed by atoms with E-state index in [1.54, 1.807) is 0 Å². The molecule has 2 rings (SSSR count). The van der Waals surface area contributed by atoms with E-state index in [0.717, 1.165) is 13.1 Å². The molecule has 0 bridgehead atoms. The highest BCUT2D eigenvalue weighted by molar-refractivity contribution is 7.91. The van der Waals surface area contributed by atoms with Crippen LogP contribution >= 0.6 is 12.4 Å². The second-order valence-electron chi connectivity index (χ2n) is 5.96. The smallest absolute Gasteiger partial charge is 0.220 e. The lowest BCUT2D eigenvalue weighted by atomic mass is 9.85. The van der Waals surface area contributed by atoms with Crippen LogP contribution < -0.4 is 10.6 Å². The normalized spacial score (nSPS) is 30.2. The molecule has 0 aliphatic carbocycles. The van der Waals surface area contributed by atoms with Crippen molar-refractivity contribution in [1.82, 2.24) is 10.6 Å². The highest BCUT2D eigenvalue weighted by atomic mass is 35.5. The minimum Gasteiger partial charge on any atom is -0.352 e. The first kappa shape index (κ1) is 17.7. The topological polar surface area (TPSA) is 75.3 Å². The largest absolute Gasteiger partial charge is 0.352 e. The third kappa shape index (κ3) is 5.22. The number of nitrogens with one attached hydrogen (secondary N) is 2. The maximum atomic E-state index is 11.9. The van der Waals surface area contributed by atoms with E-state index in [-0.39, 0.29) is 35.9 Å². The fourth-order valence-electron chi connectivity index (χ4n) is 3.02. The molecule has 2 saturated heterocycles. The van der Waals surface area contributed by atoms with Crippen molar-refractivity contribution in [2.24, 2.45) is 11.8 Å². The molecule has 2 N–H and O–H groups in total. The van der Waals surface area contributed by atoms with Crippen molar-refractivity contribution in [3.8, 4) is 0 Å². The van der Waals surface area contributed by atoms with E-state index >= 15 is 0 Å². The summed E-state index contributed by atoms with van der Waals surface area (Å²) in [6.45, 7) is 4.18. The summed E-state index contributed by atoms with van der Waals surface area (Å²) in [5, 5.41) is 6.23. The summed E-state index contributed by atoms with van der Waals surface area (Å²) in [7, 11) is -2.91. The minimum absolute atomic E-state index is 0. The van der Waals surface area contributed by atoms with Crippen LogP contribution in [0.4, 0.5) is 0 Å². The quantitative estimate of drug-likeness (QED) is 0.799. The third-order valence-electron chi connectivity index (χ3n) is 4.24. The van der Waals surface area contributed by atoms with Crippen molar-refractivity contribution in [2.45, 2.75) is 38.6 Å². The van der Waals surface area contributed by atoms with Gasteiger partial charge in [-0.3, -0.25) is 4.79 Å². The summed E-state index contributed by atoms with van der Waals surface area (Å²) < 4.78 is 22.7. The molecule has 0 aromatic heterocycles. The monoisotopic (exact) mass is 324 g/mol. The van der Waals surface area contributed by atoms with Crippen LogP contribution in [0.2, 0.25) is 0 Å². The Morgan fingerprint density at radius 1 is 1.40 bits per heavy atom. The first-order chi connectivity index (χ1) is 8.96. The Morgan fingerprint density at radius 2 is 2.15 bits per heavy atom. The van der Waals surface area contributed by atoms with Crippen LogP contribution in [0.15, 0.2) is 0 Å². The van der Waals surface area contributed by atoms with Gasteiger partial charge in [0.1, 0.15) is 0 Å². The Balaban J connectivity index is 0.00000200. The minimum atomic E-state index is -2.91. The van der Waals surface area contributed by atoms with Crippen molar-refractivity contribution in [3.05, 3.63) is 0 Å². The van der Waals surface area contributed by atoms with E-state index < -0.39 is 9.84 Å². The standard InChI is InChI=1S/C13H24N2O3S.ClH/c1-10(11-3-2-5-14-8-11)7-13(16)15-12-4-6-19(17,18)9-12;/h10-12,14H,2-9H2,1H3,(H,15,16);1H. The first-order valence-corrected chi connectivity index (χ1v) is 8.99. The first-order valence-electron chi connectivity index (χ1n) is 7.17. The van der Waals surface area contributed by atoms with Crippen molar-refractivity contribution >= 4 is 28.2 Å². The molecule has 3 atom stereocenters. The van der Waals surface area contributed by atoms with Gasteiger partial charge in [-0.25, -0.2) is 8.42 Å². The van der Waals surface area contributed by atoms with E-state index in [1.165, 1.54) is 12.8 Å². The molecule has 0 aromatic rings. The van der Waals surface area contributed by atoms with Gasteiger partial charge in [-0.05, 0) is 44.2 Å². The highest BCUT2D eigenvalue weighted by Gasteiger charge is 2.29. The van der Waals surface area contributed by atoms with Gasteiger partial charge in [-0.15, -0.1) is 12.4 Å². The molecular formula is C13H25ClN2O3S. The molecule has 2 fully saturated rings. The Morgan fingerprint density at radius 3 is 2.70 bits per heavy atom. The molecule has 1 amide bonds. The number of hydrogen-bond acceptors (Lipinski definition) is 4. The lowest BCUT2D eigenvalue weighted by Crippen LogP contribution is -2.39. The van der Waals surface area contributed by atoms with Crippen LogP contribution in [-0.2, 0) is 14.6 Å². The maximum Gasteiger partial charge on any atom is 0.220 e. The van der Waals surface area contributed by atoms with Crippen molar-refractivity contribution in [3.63, 3.8) is 0 Å². The highest BCUT2D eigenvalue weighted by Crippen LogP contribution is 2.22. The zero-order chi connectivity index (χ0) is 13.9. The van der Waals surface area contributed by atoms with Crippen LogP contribution in [0, 0.1) is 11.8 Å². The van der Waals surface area contributed by atoms with E-state index in [4.69, 9.17) is 0 Å². The Hall–Kier alpha value is -0.330. The Labute approximate surface area is 127 Å². The molecule has 2 aliphatic rings. The zero-order valence-corrected chi connectivity index (χ0v) is 13.6. The average Bonchev–Trinajstić information content (AvgIpc) is 2.69. The molecule has 0 spiro atoms. The number of amides is 1. The van der Waals surface area contributed by atoms with Crippen LogP contribution in [0.5, 0.6) is 0 Å². The number of halogens is 1. The van der Waals surface area contributed by atoms with Gasteiger partial charge in [0, 0.05) is 12.5 Å². The van der Waals surface area contributed by atoms with Crippen molar-refractivity contribution in [1.29, 1.82) is 0 Å². The van der Waals surface area contributed by atoms with Gasteiger partial charge in [0.05, 0.1) is 11.5 Å².